The number of benzene rings is 2. The molecule has 1 aromatic heterocycles. The van der Waals surface area contributed by atoms with Gasteiger partial charge in [0.05, 0.1) is 16.0 Å². The van der Waals surface area contributed by atoms with Gasteiger partial charge in [0.15, 0.2) is 0 Å². The molecule has 1 N–H and O–H groups in total. The Hall–Kier alpha value is -2.35. The number of halogens is 1. The maximum atomic E-state index is 12.8. The maximum absolute atomic E-state index is 12.8. The summed E-state index contributed by atoms with van der Waals surface area (Å²) in [5.41, 5.74) is 0. The van der Waals surface area contributed by atoms with Crippen molar-refractivity contribution in [3.8, 4) is 11.6 Å². The average Bonchev–Trinajstić information content (AvgIpc) is 2.80. The molecule has 0 radical (unpaired) electrons. The number of hydrogen-bond donors (Lipinski definition) is 1. The van der Waals surface area contributed by atoms with Gasteiger partial charge >= 0.3 is 0 Å². The van der Waals surface area contributed by atoms with Gasteiger partial charge in [0.1, 0.15) is 5.75 Å². The lowest BCUT2D eigenvalue weighted by atomic mass is 10.3. The Morgan fingerprint density at radius 1 is 0.970 bits per heavy atom. The molecule has 0 bridgehead atoms. The molecule has 1 aliphatic rings. The van der Waals surface area contributed by atoms with E-state index in [-0.39, 0.29) is 22.9 Å². The number of hydrogen-bond acceptors (Lipinski definition) is 7. The first kappa shape index (κ1) is 23.8. The molecule has 1 aliphatic heterocycles. The van der Waals surface area contributed by atoms with Gasteiger partial charge in [0.2, 0.25) is 25.9 Å². The van der Waals surface area contributed by atoms with Crippen LogP contribution in [0.4, 0.5) is 0 Å². The van der Waals surface area contributed by atoms with Crippen LogP contribution in [0, 0.1) is 0 Å². The Morgan fingerprint density at radius 3 is 2.27 bits per heavy atom. The lowest BCUT2D eigenvalue weighted by Gasteiger charge is -2.26. The summed E-state index contributed by atoms with van der Waals surface area (Å²) in [5, 5.41) is 2.11. The molecule has 33 heavy (non-hydrogen) atoms. The van der Waals surface area contributed by atoms with E-state index < -0.39 is 30.7 Å². The van der Waals surface area contributed by atoms with E-state index >= 15 is 0 Å². The average molecular weight is 527 g/mol. The molecule has 0 amide bonds. The summed E-state index contributed by atoms with van der Waals surface area (Å²) in [6.07, 6.45) is 4.45. The van der Waals surface area contributed by atoms with Crippen LogP contribution in [-0.4, -0.2) is 55.3 Å². The fourth-order valence-corrected chi connectivity index (χ4v) is 8.20. The van der Waals surface area contributed by atoms with Crippen LogP contribution < -0.4 is 8.86 Å². The topological polar surface area (TPSA) is 119 Å². The van der Waals surface area contributed by atoms with Crippen molar-refractivity contribution in [2.24, 2.45) is 0 Å². The van der Waals surface area contributed by atoms with Gasteiger partial charge in [-0.3, -0.25) is 4.98 Å². The van der Waals surface area contributed by atoms with Crippen molar-refractivity contribution in [1.82, 2.24) is 18.4 Å². The predicted octanol–water partition coefficient (Wildman–Crippen LogP) is 2.89. The molecule has 0 aliphatic carbocycles. The van der Waals surface area contributed by atoms with Gasteiger partial charge in [-0.15, -0.1) is 10.7 Å². The summed E-state index contributed by atoms with van der Waals surface area (Å²) in [4.78, 5) is 8.12. The van der Waals surface area contributed by atoms with Gasteiger partial charge in [0, 0.05) is 36.3 Å². The zero-order valence-corrected chi connectivity index (χ0v) is 20.2. The second-order valence-electron chi connectivity index (χ2n) is 6.82. The second kappa shape index (κ2) is 9.87. The lowest BCUT2D eigenvalue weighted by molar-refractivity contribution is 0.459. The van der Waals surface area contributed by atoms with Gasteiger partial charge in [0.25, 0.3) is 0 Å². The molecule has 3 aromatic rings. The molecule has 2 aromatic carbocycles. The molecular weight excluding hydrogens is 508 g/mol. The minimum absolute atomic E-state index is 0.0751. The Kier molecular flexibility index (Phi) is 7.12. The molecule has 0 spiro atoms. The molecule has 0 saturated carbocycles. The van der Waals surface area contributed by atoms with Crippen LogP contribution in [0.2, 0.25) is 5.02 Å². The van der Waals surface area contributed by atoms with E-state index in [1.165, 1.54) is 71.4 Å². The molecule has 2 heterocycles. The number of rotatable bonds is 7. The van der Waals surface area contributed by atoms with E-state index in [0.29, 0.717) is 22.4 Å². The van der Waals surface area contributed by atoms with Gasteiger partial charge in [-0.2, -0.15) is 8.43 Å². The summed E-state index contributed by atoms with van der Waals surface area (Å²) >= 11 is 5.83. The third kappa shape index (κ3) is 5.78. The SMILES string of the molecule is O=S(=O)(NS1=CCN(S(=O)(=O)c2ccc(Cl)cc2)CC1)c1ccc(Oc2cnccn2)cc1. The van der Waals surface area contributed by atoms with Crippen molar-refractivity contribution in [2.45, 2.75) is 9.79 Å². The molecule has 0 saturated heterocycles. The molecule has 174 valence electrons. The van der Waals surface area contributed by atoms with Crippen molar-refractivity contribution in [1.29, 1.82) is 0 Å². The predicted molar refractivity (Wildman–Crippen MR) is 128 cm³/mol. The van der Waals surface area contributed by atoms with Crippen molar-refractivity contribution in [3.63, 3.8) is 0 Å². The van der Waals surface area contributed by atoms with Gasteiger partial charge in [-0.1, -0.05) is 11.6 Å². The molecule has 1 atom stereocenters. The zero-order chi connectivity index (χ0) is 23.5. The van der Waals surface area contributed by atoms with E-state index in [1.54, 1.807) is 5.37 Å². The maximum Gasteiger partial charge on any atom is 0.249 e. The summed E-state index contributed by atoms with van der Waals surface area (Å²) in [6.45, 7) is 0.291. The van der Waals surface area contributed by atoms with Crippen LogP contribution >= 0.6 is 22.3 Å². The van der Waals surface area contributed by atoms with Crippen molar-refractivity contribution in [2.75, 3.05) is 18.8 Å². The van der Waals surface area contributed by atoms with E-state index in [0.717, 1.165) is 0 Å². The first-order valence-corrected chi connectivity index (χ1v) is 14.3. The summed E-state index contributed by atoms with van der Waals surface area (Å²) < 4.78 is 60.6. The minimum atomic E-state index is -3.79. The molecule has 1 unspecified atom stereocenters. The van der Waals surface area contributed by atoms with Gasteiger partial charge < -0.3 is 4.74 Å². The Balaban J connectivity index is 1.41. The number of ether oxygens (including phenoxy) is 1. The fraction of sp³-hybridized carbons (Fsp3) is 0.150. The molecule has 4 rings (SSSR count). The van der Waals surface area contributed by atoms with Crippen LogP contribution in [0.3, 0.4) is 0 Å². The Labute approximate surface area is 199 Å². The third-order valence-electron chi connectivity index (χ3n) is 4.60. The monoisotopic (exact) mass is 526 g/mol. The summed E-state index contributed by atoms with van der Waals surface area (Å²) in [5.74, 6) is 1.05. The van der Waals surface area contributed by atoms with Crippen molar-refractivity contribution in [3.05, 3.63) is 72.1 Å². The number of nitrogens with one attached hydrogen (secondary N) is 1. The quantitative estimate of drug-likeness (QED) is 0.470. The molecular formula is C20H19ClN4O5S3. The zero-order valence-electron chi connectivity index (χ0n) is 17.0. The largest absolute Gasteiger partial charge is 0.438 e. The first-order chi connectivity index (χ1) is 15.7. The van der Waals surface area contributed by atoms with E-state index in [1.807, 2.05) is 0 Å². The van der Waals surface area contributed by atoms with Crippen molar-refractivity contribution >= 4 is 47.7 Å². The summed E-state index contributed by atoms with van der Waals surface area (Å²) in [7, 11) is -8.28. The highest BCUT2D eigenvalue weighted by atomic mass is 35.5. The van der Waals surface area contributed by atoms with E-state index in [4.69, 9.17) is 16.3 Å². The van der Waals surface area contributed by atoms with Crippen LogP contribution in [-0.2, 0) is 20.0 Å². The number of sulfonamides is 2. The molecule has 9 nitrogen and oxygen atoms in total. The highest BCUT2D eigenvalue weighted by Crippen LogP contribution is 2.25. The van der Waals surface area contributed by atoms with Crippen LogP contribution in [0.1, 0.15) is 0 Å². The Bertz CT molecular complexity index is 1370. The van der Waals surface area contributed by atoms with Crippen molar-refractivity contribution < 1.29 is 21.6 Å². The minimum Gasteiger partial charge on any atom is -0.438 e. The first-order valence-electron chi connectivity index (χ1n) is 9.59. The molecule has 0 fully saturated rings. The van der Waals surface area contributed by atoms with E-state index in [2.05, 4.69) is 14.1 Å². The van der Waals surface area contributed by atoms with Gasteiger partial charge in [-0.05, 0) is 53.9 Å². The van der Waals surface area contributed by atoms with E-state index in [9.17, 15) is 16.8 Å². The normalized spacial score (nSPS) is 17.3. The molecule has 13 heteroatoms. The Morgan fingerprint density at radius 2 is 1.67 bits per heavy atom. The fourth-order valence-electron chi connectivity index (χ4n) is 2.93. The van der Waals surface area contributed by atoms with Gasteiger partial charge in [-0.25, -0.2) is 21.8 Å². The highest BCUT2D eigenvalue weighted by molar-refractivity contribution is 8.20. The second-order valence-corrected chi connectivity index (χ2v) is 12.9. The smallest absolute Gasteiger partial charge is 0.249 e. The number of nitrogens with zero attached hydrogens (tertiary/aromatic N) is 3. The standard InChI is InChI=1S/C20H19ClN4O5S3/c21-16-1-5-19(6-2-16)33(28,29)25-11-13-31(14-12-25)24-32(26,27)18-7-3-17(4-8-18)30-20-15-22-9-10-23-20/h1-10,13,15,24H,11-12,14H2. The third-order valence-corrected chi connectivity index (χ3v) is 10.5. The highest BCUT2D eigenvalue weighted by Gasteiger charge is 2.27. The summed E-state index contributed by atoms with van der Waals surface area (Å²) in [6, 6.07) is 11.8. The number of aromatic nitrogens is 2. The van der Waals surface area contributed by atoms with Crippen LogP contribution in [0.5, 0.6) is 11.6 Å². The van der Waals surface area contributed by atoms with Crippen LogP contribution in [0.25, 0.3) is 0 Å². The lowest BCUT2D eigenvalue weighted by Crippen LogP contribution is -2.39. The van der Waals surface area contributed by atoms with Crippen LogP contribution in [0.15, 0.2) is 76.9 Å².